The Morgan fingerprint density at radius 2 is 1.58 bits per heavy atom. The molecule has 36 heavy (non-hydrogen) atoms. The summed E-state index contributed by atoms with van der Waals surface area (Å²) >= 11 is 0. The van der Waals surface area contributed by atoms with E-state index in [1.165, 1.54) is 4.90 Å². The Morgan fingerprint density at radius 3 is 1.89 bits per heavy atom. The molecule has 3 atom stereocenters. The van der Waals surface area contributed by atoms with Gasteiger partial charge in [0, 0.05) is 13.1 Å². The van der Waals surface area contributed by atoms with E-state index in [0.717, 1.165) is 11.5 Å². The Morgan fingerprint density at radius 1 is 1.17 bits per heavy atom. The lowest BCUT2D eigenvalue weighted by Gasteiger charge is -2.22. The third-order valence-electron chi connectivity index (χ3n) is 5.41. The Kier molecular flexibility index (Phi) is 19.3. The molecular weight excluding hydrogens is 473 g/mol. The van der Waals surface area contributed by atoms with Crippen molar-refractivity contribution in [3.63, 3.8) is 0 Å². The largest absolute Gasteiger partial charge is 0.471 e. The zero-order valence-corrected chi connectivity index (χ0v) is 23.3. The monoisotopic (exact) mass is 518 g/mol. The molecule has 1 aliphatic carbocycles. The highest BCUT2D eigenvalue weighted by Crippen LogP contribution is 2.61. The predicted octanol–water partition coefficient (Wildman–Crippen LogP) is 4.86. The molecule has 208 valence electrons. The third-order valence-corrected chi connectivity index (χ3v) is 5.41. The minimum Gasteiger partial charge on any atom is -0.341 e. The SMILES string of the molecule is C/C=C(\C)C(C#N)NC=O.C=C.CC.CC(C)C.CC1(C)C2CN(C(=O)CNC(=O)C(F)(F)F)C[C@H]21. The molecule has 0 aromatic heterocycles. The summed E-state index contributed by atoms with van der Waals surface area (Å²) in [6.45, 7) is 24.9. The predicted molar refractivity (Wildman–Crippen MR) is 138 cm³/mol. The van der Waals surface area contributed by atoms with Crippen molar-refractivity contribution in [2.24, 2.45) is 23.2 Å². The van der Waals surface area contributed by atoms with Crippen molar-refractivity contribution in [1.29, 1.82) is 5.26 Å². The molecule has 1 heterocycles. The van der Waals surface area contributed by atoms with Crippen LogP contribution in [0.5, 0.6) is 0 Å². The smallest absolute Gasteiger partial charge is 0.341 e. The summed E-state index contributed by atoms with van der Waals surface area (Å²) in [5, 5.41) is 12.4. The Labute approximate surface area is 215 Å². The summed E-state index contributed by atoms with van der Waals surface area (Å²) in [7, 11) is 0. The number of hydrogen-bond donors (Lipinski definition) is 2. The van der Waals surface area contributed by atoms with Gasteiger partial charge in [0.25, 0.3) is 0 Å². The van der Waals surface area contributed by atoms with Crippen molar-refractivity contribution in [2.75, 3.05) is 19.6 Å². The fraction of sp³-hybridized carbons (Fsp3) is 0.692. The van der Waals surface area contributed by atoms with E-state index in [2.05, 4.69) is 53.1 Å². The molecule has 0 bridgehead atoms. The number of halogens is 3. The Balaban J connectivity index is -0.000000513. The molecule has 0 radical (unpaired) electrons. The van der Waals surface area contributed by atoms with E-state index >= 15 is 0 Å². The molecule has 2 unspecified atom stereocenters. The summed E-state index contributed by atoms with van der Waals surface area (Å²) in [6.07, 6.45) is -2.61. The van der Waals surface area contributed by atoms with Gasteiger partial charge in [-0.1, -0.05) is 54.5 Å². The van der Waals surface area contributed by atoms with E-state index in [4.69, 9.17) is 5.26 Å². The summed E-state index contributed by atoms with van der Waals surface area (Å²) in [5.41, 5.74) is 1.10. The van der Waals surface area contributed by atoms with Gasteiger partial charge in [0.2, 0.25) is 12.3 Å². The van der Waals surface area contributed by atoms with Gasteiger partial charge >= 0.3 is 12.1 Å². The maximum Gasteiger partial charge on any atom is 0.471 e. The summed E-state index contributed by atoms with van der Waals surface area (Å²) in [6, 6.07) is 1.47. The van der Waals surface area contributed by atoms with Gasteiger partial charge in [0.05, 0.1) is 12.6 Å². The molecule has 1 saturated carbocycles. The van der Waals surface area contributed by atoms with Crippen molar-refractivity contribution in [3.8, 4) is 6.07 Å². The number of alkyl halides is 3. The van der Waals surface area contributed by atoms with Crippen LogP contribution in [0.1, 0.15) is 62.3 Å². The van der Waals surface area contributed by atoms with Crippen LogP contribution < -0.4 is 10.6 Å². The van der Waals surface area contributed by atoms with Gasteiger partial charge in [-0.15, -0.1) is 13.2 Å². The average Bonchev–Trinajstić information content (AvgIpc) is 3.14. The number of amides is 3. The standard InChI is InChI=1S/C11H15F3N2O2.C7H10N2O.C4H10.C2H6.C2H4/c1-10(2)6-4-16(5-7(6)10)8(17)3-15-9(18)11(12,13)14;1-3-6(2)7(4-8)9-5-10;1-4(2)3;2*1-2/h6-7H,3-5H2,1-2H3,(H,15,18);3,5,7H,1-2H3,(H,9,10);4H,1-3H3;1-2H3;1-2H2/b;6-3+;;;/t6-,7?;;;;/m1..../s1. The van der Waals surface area contributed by atoms with Crippen molar-refractivity contribution < 1.29 is 27.6 Å². The van der Waals surface area contributed by atoms with Crippen LogP contribution in [0.4, 0.5) is 13.2 Å². The highest BCUT2D eigenvalue weighted by Gasteiger charge is 2.62. The van der Waals surface area contributed by atoms with Gasteiger partial charge in [-0.2, -0.15) is 18.4 Å². The number of piperidine rings is 1. The van der Waals surface area contributed by atoms with Crippen LogP contribution >= 0.6 is 0 Å². The average molecular weight is 519 g/mol. The van der Waals surface area contributed by atoms with Gasteiger partial charge in [-0.25, -0.2) is 0 Å². The van der Waals surface area contributed by atoms with Crippen LogP contribution in [0.2, 0.25) is 0 Å². The van der Waals surface area contributed by atoms with Gasteiger partial charge in [-0.05, 0) is 42.6 Å². The van der Waals surface area contributed by atoms with E-state index in [9.17, 15) is 27.6 Å². The van der Waals surface area contributed by atoms with Gasteiger partial charge in [0.1, 0.15) is 6.04 Å². The first kappa shape index (κ1) is 37.7. The van der Waals surface area contributed by atoms with Crippen molar-refractivity contribution in [3.05, 3.63) is 24.8 Å². The molecule has 2 N–H and O–H groups in total. The fourth-order valence-corrected chi connectivity index (χ4v) is 3.21. The van der Waals surface area contributed by atoms with Gasteiger partial charge in [0.15, 0.2) is 0 Å². The quantitative estimate of drug-likeness (QED) is 0.401. The summed E-state index contributed by atoms with van der Waals surface area (Å²) in [4.78, 5) is 33.6. The normalized spacial score (nSPS) is 19.4. The molecule has 1 saturated heterocycles. The molecule has 2 aliphatic rings. The second-order valence-electron chi connectivity index (χ2n) is 9.12. The number of hydrogen-bond acceptors (Lipinski definition) is 4. The maximum atomic E-state index is 11.9. The number of rotatable bonds is 5. The number of carbonyl (C=O) groups excluding carboxylic acids is 3. The number of fused-ring (bicyclic) bond motifs is 1. The minimum absolute atomic E-state index is 0.242. The van der Waals surface area contributed by atoms with E-state index < -0.39 is 30.6 Å². The first-order valence-corrected chi connectivity index (χ1v) is 12.0. The first-order valence-electron chi connectivity index (χ1n) is 12.0. The highest BCUT2D eigenvalue weighted by atomic mass is 19.4. The number of nitriles is 1. The maximum absolute atomic E-state index is 11.9. The van der Waals surface area contributed by atoms with Crippen LogP contribution in [0, 0.1) is 34.5 Å². The topological polar surface area (TPSA) is 102 Å². The molecule has 0 spiro atoms. The lowest BCUT2D eigenvalue weighted by Crippen LogP contribution is -2.44. The molecule has 3 amide bonds. The molecule has 2 fully saturated rings. The fourth-order valence-electron chi connectivity index (χ4n) is 3.21. The second kappa shape index (κ2) is 18.4. The molecule has 0 aromatic rings. The van der Waals surface area contributed by atoms with Crippen LogP contribution in [-0.2, 0) is 14.4 Å². The molecule has 2 rings (SSSR count). The second-order valence-corrected chi connectivity index (χ2v) is 9.12. The molecule has 10 heteroatoms. The lowest BCUT2D eigenvalue weighted by atomic mass is 10.1. The van der Waals surface area contributed by atoms with Crippen LogP contribution in [0.15, 0.2) is 24.8 Å². The number of likely N-dealkylation sites (tertiary alicyclic amines) is 1. The number of nitrogens with one attached hydrogen (secondary N) is 2. The van der Waals surface area contributed by atoms with E-state index in [0.29, 0.717) is 31.3 Å². The number of nitrogens with zero attached hydrogens (tertiary/aromatic N) is 2. The van der Waals surface area contributed by atoms with Crippen molar-refractivity contribution in [2.45, 2.75) is 74.5 Å². The van der Waals surface area contributed by atoms with Crippen LogP contribution in [0.3, 0.4) is 0 Å². The molecule has 1 aliphatic heterocycles. The lowest BCUT2D eigenvalue weighted by molar-refractivity contribution is -0.174. The van der Waals surface area contributed by atoms with E-state index in [1.54, 1.807) is 18.3 Å². The number of allylic oxidation sites excluding steroid dienone is 1. The third kappa shape index (κ3) is 13.9. The Bertz CT molecular complexity index is 727. The minimum atomic E-state index is -4.94. The molecule has 7 nitrogen and oxygen atoms in total. The highest BCUT2D eigenvalue weighted by molar-refractivity contribution is 5.87. The van der Waals surface area contributed by atoms with Gasteiger partial charge < -0.3 is 15.5 Å². The van der Waals surface area contributed by atoms with E-state index in [-0.39, 0.29) is 5.41 Å². The van der Waals surface area contributed by atoms with Gasteiger partial charge in [-0.3, -0.25) is 14.4 Å². The van der Waals surface area contributed by atoms with Crippen molar-refractivity contribution >= 4 is 18.2 Å². The Hall–Kier alpha value is -2.83. The zero-order chi connectivity index (χ0) is 29.3. The molecule has 0 aromatic carbocycles. The number of carbonyl (C=O) groups is 3. The summed E-state index contributed by atoms with van der Waals surface area (Å²) in [5.74, 6) is -0.796. The van der Waals surface area contributed by atoms with Crippen LogP contribution in [0.25, 0.3) is 0 Å². The van der Waals surface area contributed by atoms with E-state index in [1.807, 2.05) is 26.8 Å². The summed E-state index contributed by atoms with van der Waals surface area (Å²) < 4.78 is 35.7. The zero-order valence-electron chi connectivity index (χ0n) is 23.3. The van der Waals surface area contributed by atoms with Crippen LogP contribution in [-0.4, -0.2) is 55.0 Å². The molecular formula is C26H45F3N4O3. The first-order chi connectivity index (χ1) is 16.6. The van der Waals surface area contributed by atoms with Crippen molar-refractivity contribution in [1.82, 2.24) is 15.5 Å².